The highest BCUT2D eigenvalue weighted by Gasteiger charge is 2.69. The zero-order valence-corrected chi connectivity index (χ0v) is 14.1. The fourth-order valence-corrected chi connectivity index (χ4v) is 9.43. The predicted molar refractivity (Wildman–Crippen MR) is 90.8 cm³/mol. The molecule has 1 heterocycles. The van der Waals surface area contributed by atoms with E-state index in [9.17, 15) is 0 Å². The molecule has 6 unspecified atom stereocenters. The summed E-state index contributed by atoms with van der Waals surface area (Å²) in [7, 11) is 0. The van der Waals surface area contributed by atoms with E-state index >= 15 is 0 Å². The molecule has 2 saturated carbocycles. The van der Waals surface area contributed by atoms with Gasteiger partial charge in [0.15, 0.2) is 0 Å². The predicted octanol–water partition coefficient (Wildman–Crippen LogP) is 5.20. The van der Waals surface area contributed by atoms with Gasteiger partial charge in [0.05, 0.1) is 0 Å². The summed E-state index contributed by atoms with van der Waals surface area (Å²) in [6.45, 7) is 5.15. The molecule has 1 aromatic rings. The molecule has 3 aliphatic carbocycles. The first-order chi connectivity index (χ1) is 10.2. The van der Waals surface area contributed by atoms with Gasteiger partial charge < -0.3 is 0 Å². The van der Waals surface area contributed by atoms with Crippen LogP contribution in [0.3, 0.4) is 0 Å². The minimum Gasteiger partial charge on any atom is -0.150 e. The molecule has 112 valence electrons. The van der Waals surface area contributed by atoms with Gasteiger partial charge in [-0.15, -0.1) is 0 Å². The largest absolute Gasteiger partial charge is 0.150 e. The first kappa shape index (κ1) is 13.0. The third-order valence-corrected chi connectivity index (χ3v) is 9.47. The molecule has 0 nitrogen and oxygen atoms in total. The Kier molecular flexibility index (Phi) is 2.55. The SMILES string of the molecule is CC1CCCC23SC4Cc5ccccc5C(C)(CCC12)C43. The van der Waals surface area contributed by atoms with E-state index in [0.29, 0.717) is 10.2 Å². The molecular weight excluding hydrogens is 272 g/mol. The van der Waals surface area contributed by atoms with Crippen LogP contribution in [0.5, 0.6) is 0 Å². The Balaban J connectivity index is 1.64. The second-order valence-electron chi connectivity index (χ2n) is 8.38. The summed E-state index contributed by atoms with van der Waals surface area (Å²) in [5, 5.41) is 0.915. The van der Waals surface area contributed by atoms with Gasteiger partial charge in [0, 0.05) is 10.00 Å². The molecule has 6 atom stereocenters. The van der Waals surface area contributed by atoms with Crippen molar-refractivity contribution in [2.45, 2.75) is 67.8 Å². The average molecular weight is 298 g/mol. The lowest BCUT2D eigenvalue weighted by atomic mass is 9.47. The standard InChI is InChI=1S/C20H26S/c1-13-6-5-10-20-15(13)9-11-19(2)16-8-4-3-7-14(16)12-17(21-20)18(19)20/h3-4,7-8,13,15,17-18H,5-6,9-12H2,1-2H3. The number of benzene rings is 1. The Hall–Kier alpha value is -0.430. The molecule has 3 fully saturated rings. The van der Waals surface area contributed by atoms with Gasteiger partial charge in [-0.2, -0.15) is 11.8 Å². The van der Waals surface area contributed by atoms with Crippen molar-refractivity contribution in [3.63, 3.8) is 0 Å². The summed E-state index contributed by atoms with van der Waals surface area (Å²) in [5.74, 6) is 2.94. The van der Waals surface area contributed by atoms with Crippen molar-refractivity contribution in [3.8, 4) is 0 Å². The summed E-state index contributed by atoms with van der Waals surface area (Å²) in [5.41, 5.74) is 3.84. The maximum Gasteiger partial charge on any atom is 0.0241 e. The van der Waals surface area contributed by atoms with Crippen LogP contribution in [0.1, 0.15) is 57.1 Å². The zero-order chi connectivity index (χ0) is 14.2. The second kappa shape index (κ2) is 4.10. The van der Waals surface area contributed by atoms with Crippen LogP contribution >= 0.6 is 11.8 Å². The summed E-state index contributed by atoms with van der Waals surface area (Å²) >= 11 is 2.41. The molecule has 21 heavy (non-hydrogen) atoms. The highest BCUT2D eigenvalue weighted by atomic mass is 32.2. The van der Waals surface area contributed by atoms with Crippen molar-refractivity contribution >= 4 is 11.8 Å². The minimum atomic E-state index is 0.471. The smallest absolute Gasteiger partial charge is 0.0241 e. The van der Waals surface area contributed by atoms with Crippen LogP contribution in [0.15, 0.2) is 24.3 Å². The quantitative estimate of drug-likeness (QED) is 0.634. The molecule has 1 aromatic carbocycles. The van der Waals surface area contributed by atoms with Gasteiger partial charge in [0.25, 0.3) is 0 Å². The van der Waals surface area contributed by atoms with Gasteiger partial charge in [-0.1, -0.05) is 51.0 Å². The monoisotopic (exact) mass is 298 g/mol. The van der Waals surface area contributed by atoms with E-state index in [-0.39, 0.29) is 0 Å². The first-order valence-corrected chi connectivity index (χ1v) is 9.79. The Morgan fingerprint density at radius 2 is 2.00 bits per heavy atom. The topological polar surface area (TPSA) is 0 Å². The molecule has 5 rings (SSSR count). The van der Waals surface area contributed by atoms with Crippen LogP contribution in [-0.4, -0.2) is 10.00 Å². The molecule has 0 aromatic heterocycles. The zero-order valence-electron chi connectivity index (χ0n) is 13.3. The third-order valence-electron chi connectivity index (χ3n) is 7.53. The van der Waals surface area contributed by atoms with Crippen molar-refractivity contribution in [3.05, 3.63) is 35.4 Å². The number of hydrogen-bond donors (Lipinski definition) is 0. The number of rotatable bonds is 0. The minimum absolute atomic E-state index is 0.471. The maximum atomic E-state index is 2.61. The van der Waals surface area contributed by atoms with E-state index in [2.05, 4.69) is 49.9 Å². The normalized spacial score (nSPS) is 50.4. The Morgan fingerprint density at radius 3 is 2.90 bits per heavy atom. The summed E-state index contributed by atoms with van der Waals surface area (Å²) in [4.78, 5) is 0. The molecule has 0 bridgehead atoms. The van der Waals surface area contributed by atoms with Crippen LogP contribution in [0.2, 0.25) is 0 Å². The molecule has 4 aliphatic rings. The molecule has 1 spiro atoms. The Bertz CT molecular complexity index is 593. The van der Waals surface area contributed by atoms with Crippen LogP contribution in [-0.2, 0) is 11.8 Å². The first-order valence-electron chi connectivity index (χ1n) is 8.91. The lowest BCUT2D eigenvalue weighted by Gasteiger charge is -2.71. The van der Waals surface area contributed by atoms with Crippen molar-refractivity contribution in [1.29, 1.82) is 0 Å². The summed E-state index contributed by atoms with van der Waals surface area (Å²) in [6, 6.07) is 9.38. The van der Waals surface area contributed by atoms with Crippen LogP contribution < -0.4 is 0 Å². The van der Waals surface area contributed by atoms with Crippen molar-refractivity contribution in [2.24, 2.45) is 17.8 Å². The number of fused-ring (bicyclic) bond motifs is 2. The molecule has 1 saturated heterocycles. The lowest BCUT2D eigenvalue weighted by molar-refractivity contribution is 0.00979. The van der Waals surface area contributed by atoms with Gasteiger partial charge in [-0.25, -0.2) is 0 Å². The van der Waals surface area contributed by atoms with Gasteiger partial charge in [-0.05, 0) is 60.0 Å². The highest BCUT2D eigenvalue weighted by molar-refractivity contribution is 8.02. The number of thioether (sulfide) groups is 1. The molecular formula is C20H26S. The molecule has 0 amide bonds. The average Bonchev–Trinajstić information content (AvgIpc) is 2.45. The van der Waals surface area contributed by atoms with E-state index in [4.69, 9.17) is 0 Å². The van der Waals surface area contributed by atoms with Crippen molar-refractivity contribution < 1.29 is 0 Å². The van der Waals surface area contributed by atoms with E-state index in [1.54, 1.807) is 11.1 Å². The van der Waals surface area contributed by atoms with E-state index in [1.807, 2.05) is 0 Å². The Morgan fingerprint density at radius 1 is 1.14 bits per heavy atom. The molecule has 1 heteroatoms. The summed E-state index contributed by atoms with van der Waals surface area (Å²) in [6.07, 6.45) is 8.71. The molecule has 0 radical (unpaired) electrons. The van der Waals surface area contributed by atoms with Crippen molar-refractivity contribution in [2.75, 3.05) is 0 Å². The molecule has 0 N–H and O–H groups in total. The fraction of sp³-hybridized carbons (Fsp3) is 0.700. The van der Waals surface area contributed by atoms with Gasteiger partial charge >= 0.3 is 0 Å². The lowest BCUT2D eigenvalue weighted by Crippen LogP contribution is -2.70. The van der Waals surface area contributed by atoms with Crippen LogP contribution in [0.4, 0.5) is 0 Å². The Labute approximate surface area is 133 Å². The van der Waals surface area contributed by atoms with Crippen LogP contribution in [0.25, 0.3) is 0 Å². The van der Waals surface area contributed by atoms with E-state index < -0.39 is 0 Å². The van der Waals surface area contributed by atoms with E-state index in [1.165, 1.54) is 38.5 Å². The van der Waals surface area contributed by atoms with Gasteiger partial charge in [0.2, 0.25) is 0 Å². The van der Waals surface area contributed by atoms with Crippen molar-refractivity contribution in [1.82, 2.24) is 0 Å². The van der Waals surface area contributed by atoms with E-state index in [0.717, 1.165) is 23.0 Å². The molecule has 1 aliphatic heterocycles. The highest BCUT2D eigenvalue weighted by Crippen LogP contribution is 2.73. The number of hydrogen-bond acceptors (Lipinski definition) is 1. The van der Waals surface area contributed by atoms with Gasteiger partial charge in [0.1, 0.15) is 0 Å². The fourth-order valence-electron chi connectivity index (χ4n) is 6.79. The summed E-state index contributed by atoms with van der Waals surface area (Å²) < 4.78 is 0.656. The third kappa shape index (κ3) is 1.45. The van der Waals surface area contributed by atoms with Gasteiger partial charge in [-0.3, -0.25) is 0 Å². The maximum absolute atomic E-state index is 2.61. The second-order valence-corrected chi connectivity index (χ2v) is 9.98. The van der Waals surface area contributed by atoms with Crippen LogP contribution in [0, 0.1) is 17.8 Å².